The highest BCUT2D eigenvalue weighted by Crippen LogP contribution is 2.54. The van der Waals surface area contributed by atoms with E-state index in [2.05, 4.69) is 199 Å². The molecule has 1 atom stereocenters. The van der Waals surface area contributed by atoms with E-state index in [1.165, 1.54) is 33.4 Å². The van der Waals surface area contributed by atoms with E-state index in [0.29, 0.717) is 0 Å². The van der Waals surface area contributed by atoms with Gasteiger partial charge in [-0.2, -0.15) is 0 Å². The van der Waals surface area contributed by atoms with Crippen LogP contribution in [0.1, 0.15) is 22.3 Å². The highest BCUT2D eigenvalue weighted by molar-refractivity contribution is 5.90. The molecule has 0 radical (unpaired) electrons. The summed E-state index contributed by atoms with van der Waals surface area (Å²) in [5.41, 5.74) is 12.1. The summed E-state index contributed by atoms with van der Waals surface area (Å²) in [6, 6.07) is 66.7. The fourth-order valence-corrected chi connectivity index (χ4v) is 6.76. The van der Waals surface area contributed by atoms with Crippen molar-refractivity contribution in [1.29, 1.82) is 0 Å². The lowest BCUT2D eigenvalue weighted by Gasteiger charge is -2.29. The topological polar surface area (TPSA) is 3.24 Å². The van der Waals surface area contributed by atoms with Gasteiger partial charge in [-0.25, -0.2) is 0 Å². The van der Waals surface area contributed by atoms with Gasteiger partial charge >= 0.3 is 0 Å². The Bertz CT molecular complexity index is 2140. The second-order valence-electron chi connectivity index (χ2n) is 11.6. The SMILES string of the molecule is C(#CC1(c2ccc(-c3ccccc3)cc2)c2ccccc2-c2cc(N(c3ccccc3)c3ccccc3)ccc21)c1ccccc1. The minimum Gasteiger partial charge on any atom is -0.310 e. The van der Waals surface area contributed by atoms with Crippen molar-refractivity contribution < 1.29 is 0 Å². The second kappa shape index (κ2) is 11.8. The van der Waals surface area contributed by atoms with Gasteiger partial charge in [-0.05, 0) is 87.5 Å². The summed E-state index contributed by atoms with van der Waals surface area (Å²) in [5.74, 6) is 7.43. The number of hydrogen-bond acceptors (Lipinski definition) is 1. The molecule has 0 saturated heterocycles. The Kier molecular flexibility index (Phi) is 7.02. The van der Waals surface area contributed by atoms with Crippen molar-refractivity contribution in [2.45, 2.75) is 5.41 Å². The van der Waals surface area contributed by atoms with Gasteiger partial charge in [0.2, 0.25) is 0 Å². The molecule has 0 aromatic heterocycles. The van der Waals surface area contributed by atoms with Crippen molar-refractivity contribution in [2.75, 3.05) is 4.90 Å². The monoisotopic (exact) mass is 585 g/mol. The van der Waals surface area contributed by atoms with Crippen molar-refractivity contribution >= 4 is 17.1 Å². The fourth-order valence-electron chi connectivity index (χ4n) is 6.76. The first kappa shape index (κ1) is 27.4. The normalized spacial score (nSPS) is 14.4. The second-order valence-corrected chi connectivity index (χ2v) is 11.6. The molecule has 8 rings (SSSR count). The van der Waals surface area contributed by atoms with Crippen LogP contribution in [0.3, 0.4) is 0 Å². The Morgan fingerprint density at radius 2 is 0.913 bits per heavy atom. The van der Waals surface area contributed by atoms with Gasteiger partial charge in [-0.3, -0.25) is 0 Å². The lowest BCUT2D eigenvalue weighted by atomic mass is 9.72. The molecule has 7 aromatic carbocycles. The lowest BCUT2D eigenvalue weighted by Crippen LogP contribution is -2.25. The highest BCUT2D eigenvalue weighted by atomic mass is 15.1. The number of nitrogens with zero attached hydrogens (tertiary/aromatic N) is 1. The fraction of sp³-hybridized carbons (Fsp3) is 0.0222. The molecule has 0 spiro atoms. The van der Waals surface area contributed by atoms with Crippen LogP contribution in [-0.2, 0) is 5.41 Å². The maximum Gasteiger partial charge on any atom is 0.108 e. The molecule has 1 aliphatic rings. The van der Waals surface area contributed by atoms with Gasteiger partial charge in [-0.15, -0.1) is 0 Å². The maximum atomic E-state index is 3.85. The molecule has 1 nitrogen and oxygen atoms in total. The van der Waals surface area contributed by atoms with Gasteiger partial charge in [0, 0.05) is 22.6 Å². The van der Waals surface area contributed by atoms with Gasteiger partial charge in [0.25, 0.3) is 0 Å². The smallest absolute Gasteiger partial charge is 0.108 e. The Hall–Kier alpha value is -6.10. The van der Waals surface area contributed by atoms with Gasteiger partial charge in [0.15, 0.2) is 0 Å². The van der Waals surface area contributed by atoms with E-state index in [0.717, 1.165) is 28.2 Å². The molecule has 46 heavy (non-hydrogen) atoms. The van der Waals surface area contributed by atoms with Gasteiger partial charge < -0.3 is 4.90 Å². The molecular formula is C45H31N. The minimum absolute atomic E-state index is 0.639. The Balaban J connectivity index is 1.35. The Labute approximate surface area is 271 Å². The molecule has 0 saturated carbocycles. The quantitative estimate of drug-likeness (QED) is 0.182. The molecular weight excluding hydrogens is 555 g/mol. The summed E-state index contributed by atoms with van der Waals surface area (Å²) in [6.07, 6.45) is 0. The van der Waals surface area contributed by atoms with Crippen LogP contribution in [0.5, 0.6) is 0 Å². The van der Waals surface area contributed by atoms with Crippen molar-refractivity contribution in [3.05, 3.63) is 210 Å². The molecule has 0 N–H and O–H groups in total. The predicted molar refractivity (Wildman–Crippen MR) is 192 cm³/mol. The van der Waals surface area contributed by atoms with E-state index in [1.807, 2.05) is 6.07 Å². The third kappa shape index (κ3) is 4.78. The first-order valence-corrected chi connectivity index (χ1v) is 15.7. The van der Waals surface area contributed by atoms with Crippen LogP contribution in [-0.4, -0.2) is 0 Å². The van der Waals surface area contributed by atoms with E-state index in [-0.39, 0.29) is 0 Å². The molecule has 1 heteroatoms. The average Bonchev–Trinajstić information content (AvgIpc) is 3.42. The summed E-state index contributed by atoms with van der Waals surface area (Å²) in [4.78, 5) is 2.33. The lowest BCUT2D eigenvalue weighted by molar-refractivity contribution is 0.837. The van der Waals surface area contributed by atoms with Crippen molar-refractivity contribution in [3.8, 4) is 34.1 Å². The third-order valence-electron chi connectivity index (χ3n) is 8.91. The summed E-state index contributed by atoms with van der Waals surface area (Å²) in [6.45, 7) is 0. The first-order chi connectivity index (χ1) is 22.8. The minimum atomic E-state index is -0.639. The van der Waals surface area contributed by atoms with Crippen molar-refractivity contribution in [1.82, 2.24) is 0 Å². The maximum absolute atomic E-state index is 3.85. The Morgan fingerprint density at radius 3 is 1.57 bits per heavy atom. The molecule has 0 aliphatic heterocycles. The van der Waals surface area contributed by atoms with E-state index in [4.69, 9.17) is 0 Å². The summed E-state index contributed by atoms with van der Waals surface area (Å²) < 4.78 is 0. The van der Waals surface area contributed by atoms with E-state index in [1.54, 1.807) is 0 Å². The van der Waals surface area contributed by atoms with Gasteiger partial charge in [0.05, 0.1) is 0 Å². The summed E-state index contributed by atoms with van der Waals surface area (Å²) in [5, 5.41) is 0. The third-order valence-corrected chi connectivity index (χ3v) is 8.91. The van der Waals surface area contributed by atoms with Gasteiger partial charge in [-0.1, -0.05) is 151 Å². The molecule has 0 fully saturated rings. The molecule has 0 amide bonds. The molecule has 0 bridgehead atoms. The zero-order chi connectivity index (χ0) is 30.8. The zero-order valence-electron chi connectivity index (χ0n) is 25.3. The van der Waals surface area contributed by atoms with Crippen LogP contribution in [0.25, 0.3) is 22.3 Å². The number of hydrogen-bond donors (Lipinski definition) is 0. The number of para-hydroxylation sites is 2. The van der Waals surface area contributed by atoms with E-state index in [9.17, 15) is 0 Å². The number of anilines is 3. The first-order valence-electron chi connectivity index (χ1n) is 15.7. The molecule has 1 unspecified atom stereocenters. The van der Waals surface area contributed by atoms with Crippen LogP contribution in [0.15, 0.2) is 188 Å². The van der Waals surface area contributed by atoms with Crippen LogP contribution in [0.2, 0.25) is 0 Å². The van der Waals surface area contributed by atoms with Gasteiger partial charge in [0.1, 0.15) is 5.41 Å². The summed E-state index contributed by atoms with van der Waals surface area (Å²) >= 11 is 0. The number of fused-ring (bicyclic) bond motifs is 3. The van der Waals surface area contributed by atoms with Crippen LogP contribution >= 0.6 is 0 Å². The van der Waals surface area contributed by atoms with E-state index < -0.39 is 5.41 Å². The predicted octanol–water partition coefficient (Wildman–Crippen LogP) is 11.2. The molecule has 7 aromatic rings. The zero-order valence-corrected chi connectivity index (χ0v) is 25.3. The standard InChI is InChI=1S/C45H31N/c1-5-15-34(16-6-1)31-32-45(37-27-25-36(26-28-37)35-17-7-2-8-18-35)43-24-14-13-23-41(43)42-33-40(29-30-44(42)45)46(38-19-9-3-10-20-38)39-21-11-4-12-22-39/h1-30,33H. The molecule has 216 valence electrons. The van der Waals surface area contributed by atoms with Crippen molar-refractivity contribution in [2.24, 2.45) is 0 Å². The average molecular weight is 586 g/mol. The number of rotatable bonds is 5. The highest BCUT2D eigenvalue weighted by Gasteiger charge is 2.44. The largest absolute Gasteiger partial charge is 0.310 e. The molecule has 0 heterocycles. The number of benzene rings is 7. The van der Waals surface area contributed by atoms with Crippen molar-refractivity contribution in [3.63, 3.8) is 0 Å². The van der Waals surface area contributed by atoms with Crippen LogP contribution in [0.4, 0.5) is 17.1 Å². The summed E-state index contributed by atoms with van der Waals surface area (Å²) in [7, 11) is 0. The van der Waals surface area contributed by atoms with Crippen LogP contribution < -0.4 is 4.90 Å². The molecule has 1 aliphatic carbocycles. The van der Waals surface area contributed by atoms with E-state index >= 15 is 0 Å². The Morgan fingerprint density at radius 1 is 0.391 bits per heavy atom. The van der Waals surface area contributed by atoms with Crippen LogP contribution in [0, 0.1) is 11.8 Å².